The van der Waals surface area contributed by atoms with Crippen LogP contribution >= 0.6 is 22.7 Å². The number of thiophene rings is 2. The van der Waals surface area contributed by atoms with E-state index in [1.54, 1.807) is 0 Å². The fourth-order valence-electron chi connectivity index (χ4n) is 8.31. The third kappa shape index (κ3) is 6.38. The smallest absolute Gasteiger partial charge is 0.164 e. The molecule has 7 aromatic carbocycles. The first-order valence-corrected chi connectivity index (χ1v) is 21.1. The van der Waals surface area contributed by atoms with Gasteiger partial charge in [0, 0.05) is 35.5 Å². The van der Waals surface area contributed by atoms with E-state index >= 15 is 0 Å². The van der Waals surface area contributed by atoms with Crippen molar-refractivity contribution in [2.24, 2.45) is 0 Å². The van der Waals surface area contributed by atoms with E-state index in [9.17, 15) is 0 Å². The Labute approximate surface area is 397 Å². The fourth-order valence-corrected chi connectivity index (χ4v) is 10.9. The van der Waals surface area contributed by atoms with Gasteiger partial charge in [-0.25, -0.2) is 15.0 Å². The maximum Gasteiger partial charge on any atom is 0.164 e. The summed E-state index contributed by atoms with van der Waals surface area (Å²) in [7, 11) is 92.7. The minimum atomic E-state index is 0.0501. The highest BCUT2D eigenvalue weighted by Crippen LogP contribution is 2.37. The van der Waals surface area contributed by atoms with Crippen LogP contribution in [0.4, 0.5) is 0 Å². The Morgan fingerprint density at radius 1 is 0.266 bits per heavy atom. The molecule has 0 aliphatic heterocycles. The summed E-state index contributed by atoms with van der Waals surface area (Å²) in [6.07, 6.45) is 0. The lowest BCUT2D eigenvalue weighted by Gasteiger charge is -2.19. The van der Waals surface area contributed by atoms with Crippen LogP contribution in [0, 0.1) is 0 Å². The molecule has 19 heteroatoms. The van der Waals surface area contributed by atoms with E-state index in [0.717, 1.165) is 22.3 Å². The lowest BCUT2D eigenvalue weighted by atomic mass is 9.64. The van der Waals surface area contributed by atoms with Crippen LogP contribution in [0.1, 0.15) is 0 Å². The molecule has 0 saturated carbocycles. The van der Waals surface area contributed by atoms with Gasteiger partial charge in [0.15, 0.2) is 17.5 Å². The first-order valence-electron chi connectivity index (χ1n) is 19.5. The van der Waals surface area contributed by atoms with Crippen LogP contribution in [0.15, 0.2) is 78.9 Å². The van der Waals surface area contributed by atoms with Crippen LogP contribution in [0.3, 0.4) is 0 Å². The van der Waals surface area contributed by atoms with Gasteiger partial charge < -0.3 is 0 Å². The molecule has 10 rings (SSSR count). The fraction of sp³-hybridized carbons (Fsp3) is 0. The minimum Gasteiger partial charge on any atom is -0.208 e. The van der Waals surface area contributed by atoms with Crippen LogP contribution in [0.5, 0.6) is 0 Å². The molecule has 64 heavy (non-hydrogen) atoms. The van der Waals surface area contributed by atoms with Crippen LogP contribution < -0.4 is 76.5 Å². The molecule has 0 N–H and O–H groups in total. The average Bonchev–Trinajstić information content (AvgIpc) is 3.92. The van der Waals surface area contributed by atoms with Gasteiger partial charge in [0.1, 0.15) is 110 Å². The third-order valence-corrected chi connectivity index (χ3v) is 14.3. The molecule has 262 valence electrons. The summed E-state index contributed by atoms with van der Waals surface area (Å²) < 4.78 is 2.09. The van der Waals surface area contributed by atoms with E-state index in [1.165, 1.54) is 22.7 Å². The second-order valence-corrected chi connectivity index (χ2v) is 17.4. The summed E-state index contributed by atoms with van der Waals surface area (Å²) in [4.78, 5) is 15.1. The molecule has 0 saturated heterocycles. The van der Waals surface area contributed by atoms with Gasteiger partial charge in [-0.2, -0.15) is 0 Å². The van der Waals surface area contributed by atoms with E-state index in [-0.39, 0.29) is 99.5 Å². The SMILES string of the molecule is [B]c1c([B])c([B])c2c(sc3c([B])c([B])c(-c4nc(-c5ccc(-c6cccc(-c7ccccc7)c6)cc5)nc(-c5c([B])c([B])c([B])c6c5sc5c([B])c([B])c([B])c([B])c56)n4)c([B])c32)c1[B]. The van der Waals surface area contributed by atoms with E-state index < -0.39 is 0 Å². The molecule has 0 aliphatic rings. The lowest BCUT2D eigenvalue weighted by Crippen LogP contribution is -2.47. The zero-order valence-electron chi connectivity index (χ0n) is 33.7. The number of fused-ring (bicyclic) bond motifs is 6. The normalized spacial score (nSPS) is 11.7. The average molecular weight is 811 g/mol. The van der Waals surface area contributed by atoms with Crippen molar-refractivity contribution in [3.8, 4) is 56.4 Å². The van der Waals surface area contributed by atoms with E-state index in [0.29, 0.717) is 51.5 Å². The highest BCUT2D eigenvalue weighted by atomic mass is 32.1. The van der Waals surface area contributed by atoms with Crippen LogP contribution in [0.2, 0.25) is 0 Å². The standard InChI is InChI=1S/C45H13B14N3S2/c46-25-19-21-27(48)32(53)35(56)38(59)42(21)64-40(19)36(57)29(50)23(25)44-60-43(16-11-9-15(10-12-16)18-8-4-7-17(13-18)14-5-2-1-3-6-14)61-45(62-44)24-30(51)31(52)26(47)20-22-28(49)33(54)34(55)37(58)41(22)63-39(20)24/h1-13H. The highest BCUT2D eigenvalue weighted by molar-refractivity contribution is 7.29. The van der Waals surface area contributed by atoms with Crippen molar-refractivity contribution >= 4 is 249 Å². The molecule has 3 nitrogen and oxygen atoms in total. The number of aromatic nitrogens is 3. The maximum absolute atomic E-state index is 7.12. The molecule has 0 amide bonds. The van der Waals surface area contributed by atoms with Crippen molar-refractivity contribution in [1.29, 1.82) is 0 Å². The van der Waals surface area contributed by atoms with Crippen LogP contribution in [0.25, 0.3) is 96.8 Å². The van der Waals surface area contributed by atoms with E-state index in [2.05, 4.69) is 30.3 Å². The molecular formula is C45H13B14N3S2. The van der Waals surface area contributed by atoms with Gasteiger partial charge in [0.05, 0.1) is 0 Å². The lowest BCUT2D eigenvalue weighted by molar-refractivity contribution is 1.08. The number of hydrogen-bond donors (Lipinski definition) is 0. The maximum atomic E-state index is 7.12. The van der Waals surface area contributed by atoms with Crippen LogP contribution in [-0.2, 0) is 0 Å². The molecule has 0 bridgehead atoms. The molecular weight excluding hydrogens is 798 g/mol. The second-order valence-electron chi connectivity index (χ2n) is 15.4. The van der Waals surface area contributed by atoms with Gasteiger partial charge in [-0.15, -0.1) is 50.0 Å². The molecule has 3 heterocycles. The summed E-state index contributed by atoms with van der Waals surface area (Å²) in [6.45, 7) is 0. The first-order chi connectivity index (χ1) is 30.6. The van der Waals surface area contributed by atoms with Crippen molar-refractivity contribution in [3.05, 3.63) is 78.9 Å². The van der Waals surface area contributed by atoms with E-state index in [4.69, 9.17) is 125 Å². The molecule has 0 fully saturated rings. The number of nitrogens with zero attached hydrogens (tertiary/aromatic N) is 3. The van der Waals surface area contributed by atoms with Gasteiger partial charge in [-0.3, -0.25) is 0 Å². The zero-order chi connectivity index (χ0) is 45.2. The molecule has 0 atom stereocenters. The molecule has 0 unspecified atom stereocenters. The topological polar surface area (TPSA) is 38.7 Å². The van der Waals surface area contributed by atoms with Crippen molar-refractivity contribution in [3.63, 3.8) is 0 Å². The number of hydrogen-bond acceptors (Lipinski definition) is 5. The summed E-state index contributed by atoms with van der Waals surface area (Å²) in [5, 5.41) is 1.83. The van der Waals surface area contributed by atoms with Gasteiger partial charge in [-0.1, -0.05) is 122 Å². The van der Waals surface area contributed by atoms with Crippen molar-refractivity contribution in [2.75, 3.05) is 0 Å². The second kappa shape index (κ2) is 15.8. The predicted molar refractivity (Wildman–Crippen MR) is 288 cm³/mol. The van der Waals surface area contributed by atoms with Gasteiger partial charge in [0.25, 0.3) is 0 Å². The first kappa shape index (κ1) is 42.8. The Balaban J connectivity index is 1.26. The van der Waals surface area contributed by atoms with E-state index in [1.807, 2.05) is 48.5 Å². The summed E-state index contributed by atoms with van der Waals surface area (Å²) in [6, 6.07) is 26.2. The van der Waals surface area contributed by atoms with Gasteiger partial charge >= 0.3 is 0 Å². The quantitative estimate of drug-likeness (QED) is 0.167. The highest BCUT2D eigenvalue weighted by Gasteiger charge is 2.26. The summed E-state index contributed by atoms with van der Waals surface area (Å²) in [5.41, 5.74) is 7.29. The Bertz CT molecular complexity index is 3670. The number of rotatable bonds is 5. The van der Waals surface area contributed by atoms with Crippen molar-refractivity contribution in [1.82, 2.24) is 15.0 Å². The minimum absolute atomic E-state index is 0.0501. The van der Waals surface area contributed by atoms with Crippen molar-refractivity contribution < 1.29 is 0 Å². The third-order valence-electron chi connectivity index (χ3n) is 11.8. The Morgan fingerprint density at radius 2 is 0.625 bits per heavy atom. The van der Waals surface area contributed by atoms with Crippen LogP contribution in [-0.4, -0.2) is 125 Å². The molecule has 0 aliphatic carbocycles. The molecule has 28 radical (unpaired) electrons. The summed E-state index contributed by atoms with van der Waals surface area (Å²) in [5.74, 6) is 0.371. The molecule has 3 aromatic heterocycles. The predicted octanol–water partition coefficient (Wildman–Crippen LogP) is -3.94. The Kier molecular flexibility index (Phi) is 10.6. The van der Waals surface area contributed by atoms with Crippen molar-refractivity contribution in [2.45, 2.75) is 0 Å². The largest absolute Gasteiger partial charge is 0.208 e. The van der Waals surface area contributed by atoms with Gasteiger partial charge in [-0.05, 0) is 49.9 Å². The molecule has 10 aromatic rings. The van der Waals surface area contributed by atoms with Gasteiger partial charge in [0.2, 0.25) is 0 Å². The Morgan fingerprint density at radius 3 is 1.17 bits per heavy atom. The summed E-state index contributed by atoms with van der Waals surface area (Å²) >= 11 is 2.47. The Hall–Kier alpha value is -5.10. The zero-order valence-corrected chi connectivity index (χ0v) is 35.4. The monoisotopic (exact) mass is 813 g/mol. The number of benzene rings is 7. The molecule has 0 spiro atoms.